The fourth-order valence-electron chi connectivity index (χ4n) is 7.52. The van der Waals surface area contributed by atoms with Crippen LogP contribution >= 0.6 is 0 Å². The second-order valence-electron chi connectivity index (χ2n) is 17.5. The van der Waals surface area contributed by atoms with Crippen molar-refractivity contribution in [1.82, 2.24) is 0 Å². The number of nitrogens with two attached hydrogens (primary N) is 2. The van der Waals surface area contributed by atoms with E-state index in [0.29, 0.717) is 37.2 Å². The number of Topliss-reactive ketones (excluding diaryl/α,β-unsaturated/α-hetero) is 1. The first-order valence-electron chi connectivity index (χ1n) is 25.9. The molecule has 0 radical (unpaired) electrons. The van der Waals surface area contributed by atoms with Crippen LogP contribution in [0.1, 0.15) is 163 Å². The topological polar surface area (TPSA) is 235 Å². The predicted molar refractivity (Wildman–Crippen MR) is 297 cm³/mol. The Morgan fingerprint density at radius 1 is 0.649 bits per heavy atom. The fourth-order valence-corrected chi connectivity index (χ4v) is 7.52. The molecule has 0 amide bonds. The second kappa shape index (κ2) is 54.0. The molecule has 0 heterocycles. The fraction of sp³-hybridized carbons (Fsp3) is 0.569. The molecule has 13 nitrogen and oxygen atoms in total. The third kappa shape index (κ3) is 46.0. The molecule has 0 aliphatic carbocycles. The maximum absolute atomic E-state index is 12.1. The van der Waals surface area contributed by atoms with E-state index in [1.807, 2.05) is 44.2 Å². The number of alkyl halides is 3. The molecule has 432 valence electrons. The van der Waals surface area contributed by atoms with E-state index in [-0.39, 0.29) is 158 Å². The van der Waals surface area contributed by atoms with Crippen molar-refractivity contribution in [3.63, 3.8) is 0 Å². The molecule has 3 aromatic carbocycles. The van der Waals surface area contributed by atoms with Crippen molar-refractivity contribution in [1.29, 1.82) is 0 Å². The van der Waals surface area contributed by atoms with Crippen LogP contribution < -0.4 is 135 Å². The van der Waals surface area contributed by atoms with Crippen molar-refractivity contribution < 1.29 is 178 Å². The third-order valence-corrected chi connectivity index (χ3v) is 10.7. The first-order valence-corrected chi connectivity index (χ1v) is 25.9. The summed E-state index contributed by atoms with van der Waals surface area (Å²) in [5.74, 6) is 10.4. The van der Waals surface area contributed by atoms with Crippen molar-refractivity contribution in [3.8, 4) is 23.7 Å². The van der Waals surface area contributed by atoms with Crippen LogP contribution in [0.25, 0.3) is 0 Å². The molecular weight excluding hydrogens is 1140 g/mol. The first-order chi connectivity index (χ1) is 34.8. The largest absolute Gasteiger partial charge is 1.00 e. The Kier molecular flexibility index (Phi) is 61.1. The molecule has 0 unspecified atom stereocenters. The zero-order valence-electron chi connectivity index (χ0n) is 49.1. The van der Waals surface area contributed by atoms with Crippen molar-refractivity contribution in [2.24, 2.45) is 11.5 Å². The van der Waals surface area contributed by atoms with Gasteiger partial charge in [-0.25, -0.2) is 0 Å². The number of carbonyl (C=O) groups is 2. The molecule has 19 heteroatoms. The number of rotatable bonds is 27. The van der Waals surface area contributed by atoms with Gasteiger partial charge in [0.05, 0.1) is 5.60 Å². The number of aliphatic hydroxyl groups excluding tert-OH is 1. The molecule has 0 aliphatic rings. The Balaban J connectivity index is -0.000000178. The van der Waals surface area contributed by atoms with Crippen molar-refractivity contribution >= 4 is 29.3 Å². The van der Waals surface area contributed by atoms with Gasteiger partial charge in [0, 0.05) is 94.4 Å². The summed E-state index contributed by atoms with van der Waals surface area (Å²) in [6, 6.07) is 23.5. The summed E-state index contributed by atoms with van der Waals surface area (Å²) in [4.78, 5) is 22.1. The molecule has 0 spiro atoms. The molecule has 0 saturated carbocycles. The number of carbonyl (C=O) groups excluding carboxylic acids is 2. The molecule has 3 rings (SSSR count). The Hall–Kier alpha value is -1.23. The first kappa shape index (κ1) is 87.0. The van der Waals surface area contributed by atoms with Crippen LogP contribution in [0.5, 0.6) is 0 Å². The second-order valence-corrected chi connectivity index (χ2v) is 17.5. The number of benzene rings is 3. The van der Waals surface area contributed by atoms with Crippen molar-refractivity contribution in [2.45, 2.75) is 174 Å². The number of aryl methyl sites for hydroxylation is 1. The summed E-state index contributed by atoms with van der Waals surface area (Å²) in [7, 11) is 0. The average molecular weight is 1230 g/mol. The minimum Gasteiger partial charge on any atom is -1.00 e. The Bertz CT molecular complexity index is 2030. The van der Waals surface area contributed by atoms with Crippen LogP contribution in [0.2, 0.25) is 0 Å². The molecule has 3 aromatic rings. The van der Waals surface area contributed by atoms with Crippen molar-refractivity contribution in [3.05, 3.63) is 96.9 Å². The van der Waals surface area contributed by atoms with Crippen LogP contribution in [0.15, 0.2) is 72.8 Å². The van der Waals surface area contributed by atoms with Gasteiger partial charge in [-0.1, -0.05) is 128 Å². The molecule has 0 aliphatic heterocycles. The monoisotopic (exact) mass is 1230 g/mol. The SMILES string of the molecule is CCCC(O)(C#Cc1cccc(NCCCC(=O)C(F)(F)F)c1)CCC.CCCC(O)(C#Cc1cccc(NCCN)c1)CCC.CCCC(O)(CCC)CCc1cccc(NCCN)c1.CCO.O=CO[O-].[CH3-].[H-].[K+].[K+].[Pd]. The minimum absolute atomic E-state index is 0. The molecule has 0 atom stereocenters. The average Bonchev–Trinajstić information content (AvgIpc) is 3.36. The van der Waals surface area contributed by atoms with Gasteiger partial charge in [-0.05, 0) is 119 Å². The maximum atomic E-state index is 12.1. The van der Waals surface area contributed by atoms with E-state index in [0.717, 1.165) is 107 Å². The number of hydrogen-bond acceptors (Lipinski definition) is 13. The van der Waals surface area contributed by atoms with Gasteiger partial charge in [0.2, 0.25) is 5.78 Å². The number of ketones is 1. The molecule has 0 saturated heterocycles. The van der Waals surface area contributed by atoms with Crippen LogP contribution in [-0.4, -0.2) is 95.0 Å². The van der Waals surface area contributed by atoms with Crippen molar-refractivity contribution in [2.75, 3.05) is 55.3 Å². The summed E-state index contributed by atoms with van der Waals surface area (Å²) in [6.45, 7) is 17.2. The van der Waals surface area contributed by atoms with Crippen LogP contribution in [0.3, 0.4) is 0 Å². The van der Waals surface area contributed by atoms with E-state index in [4.69, 9.17) is 26.6 Å². The summed E-state index contributed by atoms with van der Waals surface area (Å²) in [6.07, 6.45) is 6.64. The number of hydrogen-bond donors (Lipinski definition) is 9. The van der Waals surface area contributed by atoms with Crippen LogP contribution in [0.4, 0.5) is 30.2 Å². The van der Waals surface area contributed by atoms with Gasteiger partial charge in [0.25, 0.3) is 6.47 Å². The van der Waals surface area contributed by atoms with Crippen LogP contribution in [0, 0.1) is 31.1 Å². The Morgan fingerprint density at radius 3 is 1.34 bits per heavy atom. The van der Waals surface area contributed by atoms with E-state index in [9.17, 15) is 33.3 Å². The van der Waals surface area contributed by atoms with Gasteiger partial charge in [-0.3, -0.25) is 9.59 Å². The normalized spacial score (nSPS) is 10.2. The van der Waals surface area contributed by atoms with E-state index < -0.39 is 35.2 Å². The van der Waals surface area contributed by atoms with Gasteiger partial charge >= 0.3 is 109 Å². The van der Waals surface area contributed by atoms with Gasteiger partial charge in [-0.15, -0.1) is 0 Å². The van der Waals surface area contributed by atoms with E-state index in [1.54, 1.807) is 25.1 Å². The molecule has 0 aromatic heterocycles. The Labute approximate surface area is 561 Å². The smallest absolute Gasteiger partial charge is 1.00 e. The zero-order valence-corrected chi connectivity index (χ0v) is 55.9. The van der Waals surface area contributed by atoms with Gasteiger partial charge in [0.1, 0.15) is 11.2 Å². The molecule has 11 N–H and O–H groups in total. The van der Waals surface area contributed by atoms with E-state index >= 15 is 0 Å². The molecule has 0 fully saturated rings. The number of anilines is 3. The van der Waals surface area contributed by atoms with Gasteiger partial charge in [0.15, 0.2) is 0 Å². The Morgan fingerprint density at radius 2 is 1.00 bits per heavy atom. The quantitative estimate of drug-likeness (QED) is 0.0101. The molecule has 0 bridgehead atoms. The van der Waals surface area contributed by atoms with Gasteiger partial charge < -0.3 is 66.8 Å². The van der Waals surface area contributed by atoms with E-state index in [2.05, 4.69) is 96.5 Å². The third-order valence-electron chi connectivity index (χ3n) is 10.7. The minimum atomic E-state index is -4.76. The predicted octanol–water partition coefficient (Wildman–Crippen LogP) is 3.76. The summed E-state index contributed by atoms with van der Waals surface area (Å²) < 4.78 is 36.4. The number of aliphatic hydroxyl groups is 4. The van der Waals surface area contributed by atoms with Crippen LogP contribution in [-0.2, 0) is 41.3 Å². The van der Waals surface area contributed by atoms with Gasteiger partial charge in [-0.2, -0.15) is 13.2 Å². The molecular formula is C58H93F3K2N5O8Pd-. The zero-order chi connectivity index (χ0) is 55.4. The number of halogens is 3. The summed E-state index contributed by atoms with van der Waals surface area (Å²) >= 11 is 0. The maximum Gasteiger partial charge on any atom is 1.00 e. The standard InChI is InChI=1S/C20H26F3NO2.C17H30N2O.C17H26N2O.C2H6O.CH2O3.CH3.2K.Pd.H/c1-3-11-19(26,12-4-2)13-10-16-7-5-8-17(15-16)24-14-6-9-18(25)20(21,22)23;2*1-3-9-17(20,10-4-2)11-8-15-6-5-7-16(14-15)19-13-12-18;1-2-3;2-1-4-3;;;;;/h5,7-8,15,24,26H,3-4,6,9,11-12,14H2,1-2H3;5-7,14,19-20H,3-4,8-13,18H2,1-2H3;5-7,14,19-20H,3-4,9-10,12-13,18H2,1-2H3;3H,2H2,1H3;1,3H;1H3;;;;/q;;;;;-1;2*+1;;-1/p-1. The summed E-state index contributed by atoms with van der Waals surface area (Å²) in [5.41, 5.74) is 14.4. The number of nitrogens with one attached hydrogen (secondary N) is 3. The van der Waals surface area contributed by atoms with E-state index in [1.165, 1.54) is 5.56 Å². The molecule has 77 heavy (non-hydrogen) atoms. The summed E-state index contributed by atoms with van der Waals surface area (Å²) in [5, 5.41) is 57.2.